The number of benzene rings is 1. The van der Waals surface area contributed by atoms with Gasteiger partial charge in [-0.1, -0.05) is 0 Å². The molecule has 112 valence electrons. The van der Waals surface area contributed by atoms with Gasteiger partial charge in [0.05, 0.1) is 11.9 Å². The predicted molar refractivity (Wildman–Crippen MR) is 81.9 cm³/mol. The molecule has 0 amide bonds. The van der Waals surface area contributed by atoms with E-state index in [1.165, 1.54) is 0 Å². The highest BCUT2D eigenvalue weighted by molar-refractivity contribution is 5.60. The van der Waals surface area contributed by atoms with Crippen LogP contribution in [-0.4, -0.2) is 34.8 Å². The average molecular weight is 287 g/mol. The van der Waals surface area contributed by atoms with Crippen LogP contribution in [0, 0.1) is 0 Å². The van der Waals surface area contributed by atoms with E-state index in [0.29, 0.717) is 12.3 Å². The highest BCUT2D eigenvalue weighted by atomic mass is 16.5. The summed E-state index contributed by atoms with van der Waals surface area (Å²) < 4.78 is 5.28. The number of aromatic hydroxyl groups is 1. The number of rotatable bonds is 8. The summed E-state index contributed by atoms with van der Waals surface area (Å²) in [4.78, 5) is 8.33. The molecule has 2 N–H and O–H groups in total. The molecule has 21 heavy (non-hydrogen) atoms. The number of ether oxygens (including phenoxy) is 1. The summed E-state index contributed by atoms with van der Waals surface area (Å²) in [6.45, 7) is 4.97. The molecule has 0 aliphatic carbocycles. The standard InChI is InChI=1S/C16H21N3O2/c1-2-21-9-3-6-17-11-14-10-13(4-5-16(14)20)15-12-18-7-8-19-15/h4-5,7-8,10,12,17,20H,2-3,6,9,11H2,1H3. The van der Waals surface area contributed by atoms with Crippen LogP contribution in [0.3, 0.4) is 0 Å². The second-order valence-corrected chi connectivity index (χ2v) is 4.66. The molecule has 2 aromatic rings. The topological polar surface area (TPSA) is 67.3 Å². The minimum absolute atomic E-state index is 0.292. The second-order valence-electron chi connectivity index (χ2n) is 4.66. The third-order valence-corrected chi connectivity index (χ3v) is 3.10. The lowest BCUT2D eigenvalue weighted by atomic mass is 10.1. The smallest absolute Gasteiger partial charge is 0.120 e. The number of phenolic OH excluding ortho intramolecular Hbond substituents is 1. The molecule has 1 heterocycles. The van der Waals surface area contributed by atoms with E-state index in [4.69, 9.17) is 4.74 Å². The molecule has 0 atom stereocenters. The molecule has 0 fully saturated rings. The van der Waals surface area contributed by atoms with E-state index in [-0.39, 0.29) is 0 Å². The Kier molecular flexibility index (Phi) is 6.12. The lowest BCUT2D eigenvalue weighted by molar-refractivity contribution is 0.144. The van der Waals surface area contributed by atoms with Gasteiger partial charge in [-0.25, -0.2) is 0 Å². The normalized spacial score (nSPS) is 10.7. The van der Waals surface area contributed by atoms with Crippen molar-refractivity contribution in [3.8, 4) is 17.0 Å². The first-order valence-electron chi connectivity index (χ1n) is 7.18. The minimum Gasteiger partial charge on any atom is -0.508 e. The van der Waals surface area contributed by atoms with Gasteiger partial charge in [-0.2, -0.15) is 0 Å². The third-order valence-electron chi connectivity index (χ3n) is 3.10. The molecule has 2 rings (SSSR count). The molecular weight excluding hydrogens is 266 g/mol. The summed E-state index contributed by atoms with van der Waals surface area (Å²) in [6, 6.07) is 5.48. The molecule has 1 aromatic heterocycles. The first-order valence-corrected chi connectivity index (χ1v) is 7.18. The zero-order valence-electron chi connectivity index (χ0n) is 12.2. The van der Waals surface area contributed by atoms with Crippen molar-refractivity contribution in [3.63, 3.8) is 0 Å². The Bertz CT molecular complexity index is 546. The SMILES string of the molecule is CCOCCCNCc1cc(-c2cnccn2)ccc1O. The predicted octanol–water partition coefficient (Wildman–Crippen LogP) is 2.37. The highest BCUT2D eigenvalue weighted by Crippen LogP contribution is 2.24. The van der Waals surface area contributed by atoms with Gasteiger partial charge >= 0.3 is 0 Å². The average Bonchev–Trinajstić information content (AvgIpc) is 2.53. The maximum atomic E-state index is 9.92. The second kappa shape index (κ2) is 8.34. The summed E-state index contributed by atoms with van der Waals surface area (Å²) in [5, 5.41) is 13.2. The lowest BCUT2D eigenvalue weighted by Gasteiger charge is -2.09. The largest absolute Gasteiger partial charge is 0.508 e. The van der Waals surface area contributed by atoms with Crippen LogP contribution in [-0.2, 0) is 11.3 Å². The number of aromatic nitrogens is 2. The molecule has 0 bridgehead atoms. The molecule has 0 radical (unpaired) electrons. The van der Waals surface area contributed by atoms with Crippen LogP contribution in [0.2, 0.25) is 0 Å². The number of phenols is 1. The van der Waals surface area contributed by atoms with Gasteiger partial charge in [-0.3, -0.25) is 9.97 Å². The molecule has 0 spiro atoms. The first-order chi connectivity index (χ1) is 10.3. The molecule has 1 aromatic carbocycles. The van der Waals surface area contributed by atoms with Crippen LogP contribution in [0.5, 0.6) is 5.75 Å². The number of hydrogen-bond acceptors (Lipinski definition) is 5. The Labute approximate surface area is 125 Å². The highest BCUT2D eigenvalue weighted by Gasteiger charge is 2.05. The van der Waals surface area contributed by atoms with Gasteiger partial charge in [-0.15, -0.1) is 0 Å². The Morgan fingerprint density at radius 2 is 2.19 bits per heavy atom. The van der Waals surface area contributed by atoms with Crippen molar-refractivity contribution in [1.29, 1.82) is 0 Å². The Balaban J connectivity index is 1.93. The monoisotopic (exact) mass is 287 g/mol. The van der Waals surface area contributed by atoms with Gasteiger partial charge in [0.2, 0.25) is 0 Å². The lowest BCUT2D eigenvalue weighted by Crippen LogP contribution is -2.16. The molecule has 0 aliphatic heterocycles. The number of nitrogens with zero attached hydrogens (tertiary/aromatic N) is 2. The molecule has 0 saturated heterocycles. The van der Waals surface area contributed by atoms with Crippen LogP contribution < -0.4 is 5.32 Å². The van der Waals surface area contributed by atoms with Crippen molar-refractivity contribution >= 4 is 0 Å². The molecule has 0 unspecified atom stereocenters. The Morgan fingerprint density at radius 3 is 2.95 bits per heavy atom. The third kappa shape index (κ3) is 4.81. The minimum atomic E-state index is 0.292. The van der Waals surface area contributed by atoms with E-state index in [0.717, 1.165) is 43.0 Å². The number of hydrogen-bond donors (Lipinski definition) is 2. The van der Waals surface area contributed by atoms with Crippen LogP contribution in [0.1, 0.15) is 18.9 Å². The van der Waals surface area contributed by atoms with Crippen molar-refractivity contribution in [1.82, 2.24) is 15.3 Å². The van der Waals surface area contributed by atoms with Gasteiger partial charge in [0.15, 0.2) is 0 Å². The van der Waals surface area contributed by atoms with Crippen molar-refractivity contribution < 1.29 is 9.84 Å². The Hall–Kier alpha value is -1.98. The quantitative estimate of drug-likeness (QED) is 0.730. The maximum absolute atomic E-state index is 9.92. The van der Waals surface area contributed by atoms with E-state index >= 15 is 0 Å². The summed E-state index contributed by atoms with van der Waals surface area (Å²) in [6.07, 6.45) is 5.97. The molecule has 0 aliphatic rings. The van der Waals surface area contributed by atoms with Gasteiger partial charge in [0.25, 0.3) is 0 Å². The zero-order chi connectivity index (χ0) is 14.9. The Morgan fingerprint density at radius 1 is 1.29 bits per heavy atom. The maximum Gasteiger partial charge on any atom is 0.120 e. The van der Waals surface area contributed by atoms with Gasteiger partial charge < -0.3 is 15.2 Å². The summed E-state index contributed by atoms with van der Waals surface area (Å²) in [7, 11) is 0. The fourth-order valence-corrected chi connectivity index (χ4v) is 2.00. The summed E-state index contributed by atoms with van der Waals surface area (Å²) in [5.41, 5.74) is 2.61. The fourth-order valence-electron chi connectivity index (χ4n) is 2.00. The van der Waals surface area contributed by atoms with Crippen molar-refractivity contribution in [3.05, 3.63) is 42.4 Å². The van der Waals surface area contributed by atoms with Crippen LogP contribution in [0.25, 0.3) is 11.3 Å². The van der Waals surface area contributed by atoms with Crippen molar-refractivity contribution in [2.45, 2.75) is 19.9 Å². The number of nitrogens with one attached hydrogen (secondary N) is 1. The fraction of sp³-hybridized carbons (Fsp3) is 0.375. The van der Waals surface area contributed by atoms with Gasteiger partial charge in [0, 0.05) is 43.3 Å². The van der Waals surface area contributed by atoms with E-state index in [2.05, 4.69) is 15.3 Å². The molecule has 5 heteroatoms. The molecule has 0 saturated carbocycles. The van der Waals surface area contributed by atoms with Crippen molar-refractivity contribution in [2.24, 2.45) is 0 Å². The first kappa shape index (κ1) is 15.4. The van der Waals surface area contributed by atoms with E-state index in [1.807, 2.05) is 19.1 Å². The summed E-state index contributed by atoms with van der Waals surface area (Å²) >= 11 is 0. The van der Waals surface area contributed by atoms with Gasteiger partial charge in [-0.05, 0) is 38.1 Å². The van der Waals surface area contributed by atoms with Crippen LogP contribution >= 0.6 is 0 Å². The van der Waals surface area contributed by atoms with E-state index in [9.17, 15) is 5.11 Å². The van der Waals surface area contributed by atoms with Crippen molar-refractivity contribution in [2.75, 3.05) is 19.8 Å². The van der Waals surface area contributed by atoms with Gasteiger partial charge in [0.1, 0.15) is 5.75 Å². The molecular formula is C16H21N3O2. The van der Waals surface area contributed by atoms with Crippen LogP contribution in [0.4, 0.5) is 0 Å². The molecule has 5 nitrogen and oxygen atoms in total. The zero-order valence-corrected chi connectivity index (χ0v) is 12.2. The van der Waals surface area contributed by atoms with E-state index < -0.39 is 0 Å². The van der Waals surface area contributed by atoms with E-state index in [1.54, 1.807) is 24.7 Å². The summed E-state index contributed by atoms with van der Waals surface area (Å²) in [5.74, 6) is 0.292. The van der Waals surface area contributed by atoms with Crippen LogP contribution in [0.15, 0.2) is 36.8 Å².